The van der Waals surface area contributed by atoms with E-state index in [1.807, 2.05) is 0 Å². The van der Waals surface area contributed by atoms with Crippen molar-refractivity contribution in [3.63, 3.8) is 0 Å². The van der Waals surface area contributed by atoms with Crippen LogP contribution in [-0.2, 0) is 0 Å². The predicted molar refractivity (Wildman–Crippen MR) is 79.9 cm³/mol. The first kappa shape index (κ1) is 14.4. The summed E-state index contributed by atoms with van der Waals surface area (Å²) >= 11 is 0. The summed E-state index contributed by atoms with van der Waals surface area (Å²) in [5.41, 5.74) is 3.94. The molecule has 1 atom stereocenters. The lowest BCUT2D eigenvalue weighted by Crippen LogP contribution is -2.31. The van der Waals surface area contributed by atoms with E-state index in [4.69, 9.17) is 4.74 Å². The maximum Gasteiger partial charge on any atom is 0.124 e. The molecule has 2 rings (SSSR count). The molecular formula is C16H26N2O. The van der Waals surface area contributed by atoms with Crippen molar-refractivity contribution >= 4 is 0 Å². The second kappa shape index (κ2) is 6.40. The van der Waals surface area contributed by atoms with E-state index in [-0.39, 0.29) is 0 Å². The first-order valence-electron chi connectivity index (χ1n) is 7.23. The van der Waals surface area contributed by atoms with Crippen LogP contribution in [0.5, 0.6) is 5.75 Å². The molecule has 3 nitrogen and oxygen atoms in total. The van der Waals surface area contributed by atoms with E-state index in [1.165, 1.54) is 23.1 Å². The van der Waals surface area contributed by atoms with Crippen LogP contribution >= 0.6 is 0 Å². The lowest BCUT2D eigenvalue weighted by Gasteiger charge is -2.30. The number of hydrogen-bond acceptors (Lipinski definition) is 3. The van der Waals surface area contributed by atoms with Crippen LogP contribution in [0.15, 0.2) is 12.1 Å². The van der Waals surface area contributed by atoms with Gasteiger partial charge in [0.25, 0.3) is 0 Å². The van der Waals surface area contributed by atoms with Crippen molar-refractivity contribution in [2.24, 2.45) is 0 Å². The molecule has 0 aromatic heterocycles. The second-order valence-corrected chi connectivity index (χ2v) is 5.51. The van der Waals surface area contributed by atoms with Crippen LogP contribution in [0.4, 0.5) is 0 Å². The molecule has 1 fully saturated rings. The van der Waals surface area contributed by atoms with Gasteiger partial charge in [-0.1, -0.05) is 6.07 Å². The monoisotopic (exact) mass is 262 g/mol. The average molecular weight is 262 g/mol. The Kier molecular flexibility index (Phi) is 4.83. The van der Waals surface area contributed by atoms with E-state index in [9.17, 15) is 0 Å². The van der Waals surface area contributed by atoms with Crippen molar-refractivity contribution in [3.05, 3.63) is 28.8 Å². The van der Waals surface area contributed by atoms with E-state index in [1.54, 1.807) is 7.11 Å². The van der Waals surface area contributed by atoms with Crippen LogP contribution in [-0.4, -0.2) is 38.2 Å². The van der Waals surface area contributed by atoms with Crippen LogP contribution in [0.3, 0.4) is 0 Å². The summed E-state index contributed by atoms with van der Waals surface area (Å²) in [6, 6.07) is 4.81. The minimum Gasteiger partial charge on any atom is -0.496 e. The van der Waals surface area contributed by atoms with Crippen molar-refractivity contribution in [2.75, 3.05) is 33.3 Å². The van der Waals surface area contributed by atoms with Gasteiger partial charge in [-0.2, -0.15) is 0 Å². The number of nitrogens with zero attached hydrogens (tertiary/aromatic N) is 1. The molecule has 1 saturated heterocycles. The number of hydrogen-bond donors (Lipinski definition) is 1. The Morgan fingerprint density at radius 1 is 1.21 bits per heavy atom. The summed E-state index contributed by atoms with van der Waals surface area (Å²) in [5.74, 6) is 1.03. The fourth-order valence-electron chi connectivity index (χ4n) is 3.08. The third-order valence-electron chi connectivity index (χ3n) is 4.05. The van der Waals surface area contributed by atoms with Gasteiger partial charge in [-0.15, -0.1) is 0 Å². The molecule has 1 aliphatic heterocycles. The highest BCUT2D eigenvalue weighted by molar-refractivity contribution is 5.44. The molecule has 1 unspecified atom stereocenters. The minimum atomic E-state index is 0.412. The number of rotatable bonds is 3. The third kappa shape index (κ3) is 3.28. The van der Waals surface area contributed by atoms with Crippen LogP contribution in [0.1, 0.15) is 36.1 Å². The maximum atomic E-state index is 5.61. The van der Waals surface area contributed by atoms with E-state index in [2.05, 4.69) is 43.1 Å². The first-order chi connectivity index (χ1) is 9.13. The number of aryl methyl sites for hydroxylation is 2. The van der Waals surface area contributed by atoms with Gasteiger partial charge in [0.2, 0.25) is 0 Å². The first-order valence-corrected chi connectivity index (χ1v) is 7.23. The molecule has 0 radical (unpaired) electrons. The second-order valence-electron chi connectivity index (χ2n) is 5.51. The smallest absolute Gasteiger partial charge is 0.124 e. The highest BCUT2D eigenvalue weighted by Gasteiger charge is 2.22. The van der Waals surface area contributed by atoms with Crippen LogP contribution in [0.25, 0.3) is 0 Å². The molecule has 1 aliphatic rings. The lowest BCUT2D eigenvalue weighted by atomic mass is 9.97. The zero-order valence-corrected chi connectivity index (χ0v) is 12.6. The average Bonchev–Trinajstić information content (AvgIpc) is 2.65. The van der Waals surface area contributed by atoms with Gasteiger partial charge in [0.15, 0.2) is 0 Å². The fourth-order valence-corrected chi connectivity index (χ4v) is 3.08. The fraction of sp³-hybridized carbons (Fsp3) is 0.625. The van der Waals surface area contributed by atoms with E-state index in [0.29, 0.717) is 6.04 Å². The minimum absolute atomic E-state index is 0.412. The quantitative estimate of drug-likeness (QED) is 0.906. The maximum absolute atomic E-state index is 5.61. The molecule has 0 spiro atoms. The summed E-state index contributed by atoms with van der Waals surface area (Å²) < 4.78 is 5.61. The van der Waals surface area contributed by atoms with Crippen LogP contribution in [0.2, 0.25) is 0 Å². The van der Waals surface area contributed by atoms with Crippen molar-refractivity contribution in [2.45, 2.75) is 33.2 Å². The molecule has 0 amide bonds. The number of benzene rings is 1. The molecule has 1 aromatic rings. The van der Waals surface area contributed by atoms with E-state index < -0.39 is 0 Å². The lowest BCUT2D eigenvalue weighted by molar-refractivity contribution is 0.220. The standard InChI is InChI=1S/C16H26N2O/c1-12-10-13(2)16(15(11-12)19-4)14(3)18-8-5-6-17-7-9-18/h10-11,14,17H,5-9H2,1-4H3. The summed E-state index contributed by atoms with van der Waals surface area (Å²) in [5, 5.41) is 3.46. The zero-order chi connectivity index (χ0) is 13.8. The largest absolute Gasteiger partial charge is 0.496 e. The van der Waals surface area contributed by atoms with Gasteiger partial charge in [-0.3, -0.25) is 4.90 Å². The number of nitrogens with one attached hydrogen (secondary N) is 1. The summed E-state index contributed by atoms with van der Waals surface area (Å²) in [6.45, 7) is 11.1. The Bertz CT molecular complexity index is 423. The summed E-state index contributed by atoms with van der Waals surface area (Å²) in [4.78, 5) is 2.56. The Morgan fingerprint density at radius 2 is 2.00 bits per heavy atom. The summed E-state index contributed by atoms with van der Waals surface area (Å²) in [6.07, 6.45) is 1.22. The highest BCUT2D eigenvalue weighted by Crippen LogP contribution is 2.33. The molecule has 3 heteroatoms. The Morgan fingerprint density at radius 3 is 2.74 bits per heavy atom. The Balaban J connectivity index is 2.28. The number of methoxy groups -OCH3 is 1. The van der Waals surface area contributed by atoms with E-state index >= 15 is 0 Å². The molecule has 0 aliphatic carbocycles. The normalized spacial score (nSPS) is 18.9. The predicted octanol–water partition coefficient (Wildman–Crippen LogP) is 2.67. The van der Waals surface area contributed by atoms with Crippen molar-refractivity contribution in [1.82, 2.24) is 10.2 Å². The van der Waals surface area contributed by atoms with Gasteiger partial charge in [0.05, 0.1) is 7.11 Å². The third-order valence-corrected chi connectivity index (χ3v) is 4.05. The Hall–Kier alpha value is -1.06. The van der Waals surface area contributed by atoms with Gasteiger partial charge >= 0.3 is 0 Å². The molecule has 106 valence electrons. The Labute approximate surface area is 116 Å². The SMILES string of the molecule is COc1cc(C)cc(C)c1C(C)N1CCCNCC1. The van der Waals surface area contributed by atoms with Gasteiger partial charge in [0, 0.05) is 24.7 Å². The summed E-state index contributed by atoms with van der Waals surface area (Å²) in [7, 11) is 1.77. The number of ether oxygens (including phenoxy) is 1. The highest BCUT2D eigenvalue weighted by atomic mass is 16.5. The molecule has 1 N–H and O–H groups in total. The molecule has 19 heavy (non-hydrogen) atoms. The van der Waals surface area contributed by atoms with Crippen molar-refractivity contribution < 1.29 is 4.74 Å². The molecule has 0 bridgehead atoms. The van der Waals surface area contributed by atoms with Gasteiger partial charge in [-0.25, -0.2) is 0 Å². The van der Waals surface area contributed by atoms with Gasteiger partial charge in [-0.05, 0) is 57.5 Å². The molecule has 1 aromatic carbocycles. The zero-order valence-electron chi connectivity index (χ0n) is 12.6. The topological polar surface area (TPSA) is 24.5 Å². The molecular weight excluding hydrogens is 236 g/mol. The van der Waals surface area contributed by atoms with Gasteiger partial charge in [0.1, 0.15) is 5.75 Å². The van der Waals surface area contributed by atoms with Crippen molar-refractivity contribution in [3.8, 4) is 5.75 Å². The molecule has 0 saturated carbocycles. The van der Waals surface area contributed by atoms with Crippen LogP contribution < -0.4 is 10.1 Å². The van der Waals surface area contributed by atoms with Crippen LogP contribution in [0, 0.1) is 13.8 Å². The van der Waals surface area contributed by atoms with E-state index in [0.717, 1.165) is 31.9 Å². The molecule has 1 heterocycles. The van der Waals surface area contributed by atoms with Gasteiger partial charge < -0.3 is 10.1 Å². The van der Waals surface area contributed by atoms with Crippen molar-refractivity contribution in [1.29, 1.82) is 0 Å².